The molecule has 2 N–H and O–H groups in total. The summed E-state index contributed by atoms with van der Waals surface area (Å²) in [5.41, 5.74) is 6.40. The Morgan fingerprint density at radius 3 is 2.29 bits per heavy atom. The molecule has 0 spiro atoms. The van der Waals surface area contributed by atoms with Crippen LogP contribution in [0.1, 0.15) is 9.88 Å². The molecule has 17 heavy (non-hydrogen) atoms. The highest BCUT2D eigenvalue weighted by Crippen LogP contribution is 2.40. The van der Waals surface area contributed by atoms with E-state index >= 15 is 0 Å². The van der Waals surface area contributed by atoms with Crippen molar-refractivity contribution in [2.75, 3.05) is 5.73 Å². The van der Waals surface area contributed by atoms with E-state index in [4.69, 9.17) is 5.73 Å². The maximum absolute atomic E-state index is 12.8. The molecule has 90 valence electrons. The number of nitrogens with two attached hydrogens (primary N) is 1. The zero-order valence-corrected chi connectivity index (χ0v) is 9.69. The first kappa shape index (κ1) is 11.9. The van der Waals surface area contributed by atoms with Crippen LogP contribution in [-0.4, -0.2) is 4.98 Å². The lowest BCUT2D eigenvalue weighted by Crippen LogP contribution is -2.03. The maximum atomic E-state index is 12.8. The molecule has 0 aliphatic heterocycles. The lowest BCUT2D eigenvalue weighted by Gasteiger charge is -2.06. The van der Waals surface area contributed by atoms with Gasteiger partial charge in [-0.1, -0.05) is 12.1 Å². The van der Waals surface area contributed by atoms with Gasteiger partial charge in [0.25, 0.3) is 0 Å². The van der Waals surface area contributed by atoms with Crippen molar-refractivity contribution < 1.29 is 13.2 Å². The Morgan fingerprint density at radius 2 is 1.76 bits per heavy atom. The van der Waals surface area contributed by atoms with Gasteiger partial charge in [-0.15, -0.1) is 11.3 Å². The third kappa shape index (κ3) is 2.41. The van der Waals surface area contributed by atoms with E-state index in [1.807, 2.05) is 0 Å². The van der Waals surface area contributed by atoms with E-state index in [9.17, 15) is 13.2 Å². The molecule has 2 aromatic rings. The van der Waals surface area contributed by atoms with Gasteiger partial charge in [0.05, 0.1) is 10.7 Å². The number of aromatic nitrogens is 1. The van der Waals surface area contributed by atoms with Crippen LogP contribution in [0.15, 0.2) is 24.3 Å². The molecule has 1 aromatic heterocycles. The molecule has 0 amide bonds. The van der Waals surface area contributed by atoms with Crippen molar-refractivity contribution in [2.45, 2.75) is 13.1 Å². The molecule has 0 saturated carbocycles. The SMILES string of the molecule is Cc1nc(-c2ccc(N)cc2)c(C(F)(F)F)s1. The summed E-state index contributed by atoms with van der Waals surface area (Å²) in [6.45, 7) is 1.56. The van der Waals surface area contributed by atoms with Gasteiger partial charge in [-0.25, -0.2) is 4.98 Å². The Hall–Kier alpha value is -1.56. The van der Waals surface area contributed by atoms with Crippen LogP contribution in [0.5, 0.6) is 0 Å². The molecule has 0 unspecified atom stereocenters. The van der Waals surface area contributed by atoms with Crippen LogP contribution in [0.25, 0.3) is 11.3 Å². The van der Waals surface area contributed by atoms with Crippen LogP contribution in [0.2, 0.25) is 0 Å². The summed E-state index contributed by atoms with van der Waals surface area (Å²) in [6, 6.07) is 6.20. The van der Waals surface area contributed by atoms with E-state index in [-0.39, 0.29) is 5.69 Å². The van der Waals surface area contributed by atoms with Crippen LogP contribution in [0.3, 0.4) is 0 Å². The number of aryl methyl sites for hydroxylation is 1. The monoisotopic (exact) mass is 258 g/mol. The summed E-state index contributed by atoms with van der Waals surface area (Å²) in [4.78, 5) is 3.27. The van der Waals surface area contributed by atoms with Gasteiger partial charge in [0.2, 0.25) is 0 Å². The Labute approximate surface area is 99.9 Å². The highest BCUT2D eigenvalue weighted by Gasteiger charge is 2.36. The minimum absolute atomic E-state index is 0.0278. The first-order valence-corrected chi connectivity index (χ1v) is 5.60. The highest BCUT2D eigenvalue weighted by molar-refractivity contribution is 7.12. The van der Waals surface area contributed by atoms with E-state index in [2.05, 4.69) is 4.98 Å². The van der Waals surface area contributed by atoms with E-state index < -0.39 is 11.1 Å². The van der Waals surface area contributed by atoms with E-state index in [1.54, 1.807) is 31.2 Å². The molecule has 0 atom stereocenters. The summed E-state index contributed by atoms with van der Waals surface area (Å²) in [5.74, 6) is 0. The molecule has 6 heteroatoms. The van der Waals surface area contributed by atoms with Crippen molar-refractivity contribution in [2.24, 2.45) is 0 Å². The minimum atomic E-state index is -4.37. The molecule has 0 fully saturated rings. The van der Waals surface area contributed by atoms with Gasteiger partial charge in [-0.05, 0) is 19.1 Å². The van der Waals surface area contributed by atoms with Gasteiger partial charge < -0.3 is 5.73 Å². The number of thiazole rings is 1. The van der Waals surface area contributed by atoms with Gasteiger partial charge in [0.1, 0.15) is 4.88 Å². The molecule has 0 aliphatic rings. The van der Waals surface area contributed by atoms with Crippen molar-refractivity contribution in [1.29, 1.82) is 0 Å². The fraction of sp³-hybridized carbons (Fsp3) is 0.182. The van der Waals surface area contributed by atoms with Gasteiger partial charge in [-0.3, -0.25) is 0 Å². The average Bonchev–Trinajstić information content (AvgIpc) is 2.61. The number of anilines is 1. The second-order valence-corrected chi connectivity index (χ2v) is 4.73. The number of alkyl halides is 3. The summed E-state index contributed by atoms with van der Waals surface area (Å²) in [6.07, 6.45) is -4.37. The van der Waals surface area contributed by atoms with E-state index in [1.165, 1.54) is 0 Å². The molecule has 0 aliphatic carbocycles. The van der Waals surface area contributed by atoms with Crippen molar-refractivity contribution in [1.82, 2.24) is 4.98 Å². The third-order valence-electron chi connectivity index (χ3n) is 2.18. The van der Waals surface area contributed by atoms with Crippen molar-refractivity contribution in [3.8, 4) is 11.3 Å². The molecule has 0 radical (unpaired) electrons. The molecular weight excluding hydrogens is 249 g/mol. The molecule has 2 rings (SSSR count). The summed E-state index contributed by atoms with van der Waals surface area (Å²) in [7, 11) is 0. The first-order valence-electron chi connectivity index (χ1n) is 4.78. The van der Waals surface area contributed by atoms with Gasteiger partial charge in [-0.2, -0.15) is 13.2 Å². The van der Waals surface area contributed by atoms with E-state index in [0.717, 1.165) is 0 Å². The van der Waals surface area contributed by atoms with Gasteiger partial charge in [0, 0.05) is 11.3 Å². The molecular formula is C11H9F3N2S. The standard InChI is InChI=1S/C11H9F3N2S/c1-6-16-9(10(17-6)11(12,13)14)7-2-4-8(15)5-3-7/h2-5H,15H2,1H3. The smallest absolute Gasteiger partial charge is 0.399 e. The largest absolute Gasteiger partial charge is 0.427 e. The lowest BCUT2D eigenvalue weighted by atomic mass is 10.1. The summed E-state index contributed by atoms with van der Waals surface area (Å²) >= 11 is 0.653. The quantitative estimate of drug-likeness (QED) is 0.792. The van der Waals surface area contributed by atoms with Crippen LogP contribution in [-0.2, 0) is 6.18 Å². The number of nitrogen functional groups attached to an aromatic ring is 1. The third-order valence-corrected chi connectivity index (χ3v) is 3.19. The second kappa shape index (κ2) is 4.03. The van der Waals surface area contributed by atoms with Crippen LogP contribution in [0, 0.1) is 6.92 Å². The molecule has 0 bridgehead atoms. The fourth-order valence-electron chi connectivity index (χ4n) is 1.46. The number of hydrogen-bond acceptors (Lipinski definition) is 3. The van der Waals surface area contributed by atoms with Crippen LogP contribution in [0.4, 0.5) is 18.9 Å². The molecule has 1 heterocycles. The zero-order valence-electron chi connectivity index (χ0n) is 8.88. The van der Waals surface area contributed by atoms with Gasteiger partial charge >= 0.3 is 6.18 Å². The Morgan fingerprint density at radius 1 is 1.18 bits per heavy atom. The minimum Gasteiger partial charge on any atom is -0.399 e. The maximum Gasteiger partial charge on any atom is 0.427 e. The second-order valence-electron chi connectivity index (χ2n) is 3.53. The van der Waals surface area contributed by atoms with Crippen molar-refractivity contribution in [3.05, 3.63) is 34.2 Å². The summed E-state index contributed by atoms with van der Waals surface area (Å²) < 4.78 is 38.3. The average molecular weight is 258 g/mol. The topological polar surface area (TPSA) is 38.9 Å². The zero-order chi connectivity index (χ0) is 12.6. The lowest BCUT2D eigenvalue weighted by molar-refractivity contribution is -0.134. The van der Waals surface area contributed by atoms with Crippen molar-refractivity contribution >= 4 is 17.0 Å². The fourth-order valence-corrected chi connectivity index (χ4v) is 2.26. The Kier molecular flexibility index (Phi) is 2.82. The molecule has 1 aromatic carbocycles. The van der Waals surface area contributed by atoms with Crippen molar-refractivity contribution in [3.63, 3.8) is 0 Å². The first-order chi connectivity index (χ1) is 7.88. The normalized spacial score (nSPS) is 11.8. The molecule has 0 saturated heterocycles. The molecule has 2 nitrogen and oxygen atoms in total. The number of benzene rings is 1. The number of nitrogens with zero attached hydrogens (tertiary/aromatic N) is 1. The van der Waals surface area contributed by atoms with Gasteiger partial charge in [0.15, 0.2) is 0 Å². The Bertz CT molecular complexity index is 529. The number of halogens is 3. The van der Waals surface area contributed by atoms with Crippen LogP contribution >= 0.6 is 11.3 Å². The Balaban J connectivity index is 2.55. The highest BCUT2D eigenvalue weighted by atomic mass is 32.1. The summed E-state index contributed by atoms with van der Waals surface area (Å²) in [5, 5.41) is 0.393. The number of hydrogen-bond donors (Lipinski definition) is 1. The number of rotatable bonds is 1. The predicted molar refractivity (Wildman–Crippen MR) is 61.7 cm³/mol. The van der Waals surface area contributed by atoms with Crippen LogP contribution < -0.4 is 5.73 Å². The predicted octanol–water partition coefficient (Wildman–Crippen LogP) is 3.72. The van der Waals surface area contributed by atoms with E-state index in [0.29, 0.717) is 27.6 Å².